The van der Waals surface area contributed by atoms with E-state index in [1.165, 1.54) is 0 Å². The fraction of sp³-hybridized carbons (Fsp3) is 0.125. The quantitative estimate of drug-likeness (QED) is 0.777. The number of thiazole rings is 1. The van der Waals surface area contributed by atoms with Gasteiger partial charge in [-0.05, 0) is 12.1 Å². The molecule has 3 nitrogen and oxygen atoms in total. The van der Waals surface area contributed by atoms with Crippen LogP contribution in [0, 0.1) is 0 Å². The third kappa shape index (κ3) is 1.63. The number of hydrogen-bond acceptors (Lipinski definition) is 4. The van der Waals surface area contributed by atoms with Gasteiger partial charge in [0.25, 0.3) is 0 Å². The molecule has 0 radical (unpaired) electrons. The Labute approximate surface area is 90.3 Å². The second-order valence-corrected chi connectivity index (χ2v) is 6.47. The van der Waals surface area contributed by atoms with E-state index in [9.17, 15) is 8.42 Å². The lowest BCUT2D eigenvalue weighted by atomic mass is 10.3. The molecule has 0 amide bonds. The minimum absolute atomic E-state index is 0.112. The zero-order chi connectivity index (χ0) is 10.3. The van der Waals surface area contributed by atoms with Crippen LogP contribution in [0.1, 0.15) is 0 Å². The smallest absolute Gasteiger partial charge is 0.210 e. The zero-order valence-corrected chi connectivity index (χ0v) is 9.58. The molecule has 1 heterocycles. The van der Waals surface area contributed by atoms with Crippen LogP contribution in [-0.4, -0.2) is 19.7 Å². The summed E-state index contributed by atoms with van der Waals surface area (Å²) in [5.74, 6) is 0. The van der Waals surface area contributed by atoms with Gasteiger partial charge in [-0.3, -0.25) is 0 Å². The summed E-state index contributed by atoms with van der Waals surface area (Å²) in [6.45, 7) is 0. The normalized spacial score (nSPS) is 12.1. The highest BCUT2D eigenvalue weighted by Crippen LogP contribution is 2.29. The molecule has 14 heavy (non-hydrogen) atoms. The molecular formula is C8H6ClNO2S2. The molecule has 0 aliphatic heterocycles. The molecule has 0 aliphatic carbocycles. The zero-order valence-electron chi connectivity index (χ0n) is 7.19. The number of rotatable bonds is 1. The highest BCUT2D eigenvalue weighted by molar-refractivity contribution is 7.92. The molecule has 0 fully saturated rings. The van der Waals surface area contributed by atoms with Gasteiger partial charge in [0.15, 0.2) is 0 Å². The highest BCUT2D eigenvalue weighted by Gasteiger charge is 2.14. The van der Waals surface area contributed by atoms with Gasteiger partial charge in [0.05, 0.1) is 9.72 Å². The Morgan fingerprint density at radius 1 is 1.43 bits per heavy atom. The van der Waals surface area contributed by atoms with Crippen molar-refractivity contribution in [3.05, 3.63) is 23.2 Å². The van der Waals surface area contributed by atoms with Gasteiger partial charge in [0.2, 0.25) is 14.2 Å². The first-order valence-corrected chi connectivity index (χ1v) is 6.82. The van der Waals surface area contributed by atoms with E-state index in [1.54, 1.807) is 18.2 Å². The van der Waals surface area contributed by atoms with Crippen LogP contribution in [0.4, 0.5) is 0 Å². The van der Waals surface area contributed by atoms with Crippen molar-refractivity contribution in [3.8, 4) is 0 Å². The molecule has 0 atom stereocenters. The molecular weight excluding hydrogens is 242 g/mol. The predicted molar refractivity (Wildman–Crippen MR) is 57.7 cm³/mol. The van der Waals surface area contributed by atoms with Crippen molar-refractivity contribution in [2.75, 3.05) is 6.26 Å². The predicted octanol–water partition coefficient (Wildman–Crippen LogP) is 2.35. The lowest BCUT2D eigenvalue weighted by Gasteiger charge is -1.88. The van der Waals surface area contributed by atoms with Crippen LogP contribution >= 0.6 is 22.9 Å². The molecule has 2 rings (SSSR count). The lowest BCUT2D eigenvalue weighted by Crippen LogP contribution is -1.94. The van der Waals surface area contributed by atoms with Crippen molar-refractivity contribution in [2.24, 2.45) is 0 Å². The largest absolute Gasteiger partial charge is 0.224 e. The van der Waals surface area contributed by atoms with Crippen LogP contribution in [-0.2, 0) is 9.84 Å². The van der Waals surface area contributed by atoms with Crippen molar-refractivity contribution in [3.63, 3.8) is 0 Å². The maximum atomic E-state index is 11.2. The third-order valence-corrected chi connectivity index (χ3v) is 4.67. The number of aromatic nitrogens is 1. The molecule has 2 aromatic rings. The summed E-state index contributed by atoms with van der Waals surface area (Å²) in [5, 5.41) is 0.480. The maximum Gasteiger partial charge on any atom is 0.210 e. The van der Waals surface area contributed by atoms with Crippen LogP contribution < -0.4 is 0 Å². The van der Waals surface area contributed by atoms with Gasteiger partial charge < -0.3 is 0 Å². The van der Waals surface area contributed by atoms with E-state index in [2.05, 4.69) is 4.98 Å². The minimum atomic E-state index is -3.23. The molecule has 0 N–H and O–H groups in total. The summed E-state index contributed by atoms with van der Waals surface area (Å²) in [6.07, 6.45) is 1.14. The van der Waals surface area contributed by atoms with Crippen LogP contribution in [0.25, 0.3) is 10.2 Å². The SMILES string of the molecule is CS(=O)(=O)c1nc2c(Cl)cccc2s1. The van der Waals surface area contributed by atoms with E-state index in [4.69, 9.17) is 11.6 Å². The fourth-order valence-electron chi connectivity index (χ4n) is 1.05. The van der Waals surface area contributed by atoms with Crippen LogP contribution in [0.5, 0.6) is 0 Å². The fourth-order valence-corrected chi connectivity index (χ4v) is 3.18. The first kappa shape index (κ1) is 9.89. The Morgan fingerprint density at radius 3 is 2.71 bits per heavy atom. The average Bonchev–Trinajstić information content (AvgIpc) is 2.48. The number of halogens is 1. The number of fused-ring (bicyclic) bond motifs is 1. The summed E-state index contributed by atoms with van der Waals surface area (Å²) in [5.41, 5.74) is 0.555. The Balaban J connectivity index is 2.81. The Kier molecular flexibility index (Phi) is 2.25. The first-order chi connectivity index (χ1) is 6.48. The molecule has 0 saturated carbocycles. The molecule has 0 unspecified atom stereocenters. The van der Waals surface area contributed by atoms with Gasteiger partial charge in [0, 0.05) is 6.26 Å². The molecule has 1 aromatic carbocycles. The number of benzene rings is 1. The second-order valence-electron chi connectivity index (χ2n) is 2.84. The Bertz CT molecular complexity index is 588. The summed E-state index contributed by atoms with van der Waals surface area (Å²) in [7, 11) is -3.23. The van der Waals surface area contributed by atoms with Crippen molar-refractivity contribution < 1.29 is 8.42 Å². The van der Waals surface area contributed by atoms with Crippen molar-refractivity contribution >= 4 is 43.0 Å². The summed E-state index contributed by atoms with van der Waals surface area (Å²) < 4.78 is 23.3. The molecule has 0 aliphatic rings. The summed E-state index contributed by atoms with van der Waals surface area (Å²) >= 11 is 7.00. The maximum absolute atomic E-state index is 11.2. The van der Waals surface area contributed by atoms with Gasteiger partial charge in [-0.15, -0.1) is 11.3 Å². The van der Waals surface area contributed by atoms with Gasteiger partial charge >= 0.3 is 0 Å². The monoisotopic (exact) mass is 247 g/mol. The van der Waals surface area contributed by atoms with Crippen molar-refractivity contribution in [2.45, 2.75) is 4.34 Å². The van der Waals surface area contributed by atoms with Gasteiger partial charge in [0.1, 0.15) is 5.52 Å². The topological polar surface area (TPSA) is 47.0 Å². The van der Waals surface area contributed by atoms with E-state index < -0.39 is 9.84 Å². The van der Waals surface area contributed by atoms with Crippen molar-refractivity contribution in [1.29, 1.82) is 0 Å². The number of hydrogen-bond donors (Lipinski definition) is 0. The number of sulfone groups is 1. The first-order valence-electron chi connectivity index (χ1n) is 3.73. The summed E-state index contributed by atoms with van der Waals surface area (Å²) in [4.78, 5) is 3.98. The molecule has 1 aromatic heterocycles. The molecule has 0 spiro atoms. The van der Waals surface area contributed by atoms with Crippen LogP contribution in [0.2, 0.25) is 5.02 Å². The van der Waals surface area contributed by atoms with Crippen LogP contribution in [0.3, 0.4) is 0 Å². The third-order valence-electron chi connectivity index (χ3n) is 1.67. The average molecular weight is 248 g/mol. The van der Waals surface area contributed by atoms with E-state index in [-0.39, 0.29) is 4.34 Å². The Hall–Kier alpha value is -0.650. The minimum Gasteiger partial charge on any atom is -0.224 e. The summed E-state index contributed by atoms with van der Waals surface area (Å²) in [6, 6.07) is 5.26. The molecule has 0 saturated heterocycles. The van der Waals surface area contributed by atoms with E-state index in [0.29, 0.717) is 10.5 Å². The van der Waals surface area contributed by atoms with Gasteiger partial charge in [-0.2, -0.15) is 0 Å². The van der Waals surface area contributed by atoms with Gasteiger partial charge in [-0.25, -0.2) is 13.4 Å². The highest BCUT2D eigenvalue weighted by atomic mass is 35.5. The molecule has 74 valence electrons. The van der Waals surface area contributed by atoms with E-state index >= 15 is 0 Å². The number of nitrogens with zero attached hydrogens (tertiary/aromatic N) is 1. The second kappa shape index (κ2) is 3.18. The molecule has 6 heteroatoms. The van der Waals surface area contributed by atoms with Crippen molar-refractivity contribution in [1.82, 2.24) is 4.98 Å². The molecule has 0 bridgehead atoms. The lowest BCUT2D eigenvalue weighted by molar-refractivity contribution is 0.601. The van der Waals surface area contributed by atoms with Gasteiger partial charge in [-0.1, -0.05) is 17.7 Å². The number of para-hydroxylation sites is 1. The van der Waals surface area contributed by atoms with Crippen LogP contribution in [0.15, 0.2) is 22.5 Å². The van der Waals surface area contributed by atoms with E-state index in [0.717, 1.165) is 22.3 Å². The standard InChI is InChI=1S/C8H6ClNO2S2/c1-14(11,12)8-10-7-5(9)3-2-4-6(7)13-8/h2-4H,1H3. The van der Waals surface area contributed by atoms with E-state index in [1.807, 2.05) is 0 Å². The Morgan fingerprint density at radius 2 is 2.14 bits per heavy atom.